The van der Waals surface area contributed by atoms with Gasteiger partial charge >= 0.3 is 0 Å². The van der Waals surface area contributed by atoms with Crippen LogP contribution in [0, 0.1) is 0 Å². The van der Waals surface area contributed by atoms with Gasteiger partial charge in [-0.05, 0) is 25.1 Å². The normalized spacial score (nSPS) is 13.4. The van der Waals surface area contributed by atoms with E-state index in [1.54, 1.807) is 12.5 Å². The summed E-state index contributed by atoms with van der Waals surface area (Å²) in [6, 6.07) is 3.57. The first-order valence-corrected chi connectivity index (χ1v) is 8.55. The lowest BCUT2D eigenvalue weighted by Crippen LogP contribution is -2.29. The van der Waals surface area contributed by atoms with Gasteiger partial charge in [-0.15, -0.1) is 0 Å². The molecule has 0 fully saturated rings. The van der Waals surface area contributed by atoms with E-state index in [9.17, 15) is 8.42 Å². The van der Waals surface area contributed by atoms with Crippen molar-refractivity contribution in [2.75, 3.05) is 19.3 Å². The van der Waals surface area contributed by atoms with Crippen molar-refractivity contribution in [2.24, 2.45) is 7.05 Å². The zero-order valence-corrected chi connectivity index (χ0v) is 12.9. The second-order valence-corrected chi connectivity index (χ2v) is 6.65. The van der Waals surface area contributed by atoms with Gasteiger partial charge in [0, 0.05) is 26.0 Å². The van der Waals surface area contributed by atoms with Crippen LogP contribution in [-0.4, -0.2) is 37.3 Å². The lowest BCUT2D eigenvalue weighted by Gasteiger charge is -2.16. The van der Waals surface area contributed by atoms with Crippen molar-refractivity contribution in [3.63, 3.8) is 0 Å². The summed E-state index contributed by atoms with van der Waals surface area (Å²) >= 11 is 0. The van der Waals surface area contributed by atoms with Crippen molar-refractivity contribution in [2.45, 2.75) is 12.5 Å². The van der Waals surface area contributed by atoms with Gasteiger partial charge in [0.15, 0.2) is 0 Å². The average Bonchev–Trinajstić information content (AvgIpc) is 3.04. The summed E-state index contributed by atoms with van der Waals surface area (Å²) in [6.45, 7) is 1.04. The number of imidazole rings is 1. The van der Waals surface area contributed by atoms with Gasteiger partial charge in [-0.3, -0.25) is 0 Å². The first-order chi connectivity index (χ1) is 9.97. The van der Waals surface area contributed by atoms with Crippen molar-refractivity contribution in [3.05, 3.63) is 42.4 Å². The molecule has 0 aliphatic carbocycles. The number of aryl methyl sites for hydroxylation is 1. The zero-order valence-electron chi connectivity index (χ0n) is 12.1. The predicted octanol–water partition coefficient (Wildman–Crippen LogP) is 0.631. The third-order valence-corrected chi connectivity index (χ3v) is 3.74. The van der Waals surface area contributed by atoms with Crippen LogP contribution in [0.1, 0.15) is 24.0 Å². The lowest BCUT2D eigenvalue weighted by atomic mass is 10.2. The minimum atomic E-state index is -3.13. The summed E-state index contributed by atoms with van der Waals surface area (Å²) in [5.74, 6) is 1.63. The van der Waals surface area contributed by atoms with Gasteiger partial charge in [-0.2, -0.15) is 0 Å². The zero-order chi connectivity index (χ0) is 15.3. The van der Waals surface area contributed by atoms with Gasteiger partial charge in [0.2, 0.25) is 10.0 Å². The van der Waals surface area contributed by atoms with Gasteiger partial charge in [-0.1, -0.05) is 0 Å². The molecule has 0 spiro atoms. The Labute approximate surface area is 124 Å². The molecule has 2 heterocycles. The molecule has 2 rings (SSSR count). The van der Waals surface area contributed by atoms with Crippen molar-refractivity contribution >= 4 is 10.0 Å². The van der Waals surface area contributed by atoms with Gasteiger partial charge in [-0.25, -0.2) is 18.1 Å². The van der Waals surface area contributed by atoms with E-state index < -0.39 is 10.0 Å². The SMILES string of the molecule is Cn1ccnc1C(NCCCNS(C)(=O)=O)c1ccco1. The topological polar surface area (TPSA) is 89.2 Å². The van der Waals surface area contributed by atoms with Crippen LogP contribution >= 0.6 is 0 Å². The van der Waals surface area contributed by atoms with E-state index in [1.165, 1.54) is 0 Å². The van der Waals surface area contributed by atoms with Crippen LogP contribution in [0.5, 0.6) is 0 Å². The summed E-state index contributed by atoms with van der Waals surface area (Å²) in [6.07, 6.45) is 7.06. The second kappa shape index (κ2) is 6.88. The van der Waals surface area contributed by atoms with E-state index in [1.807, 2.05) is 29.9 Å². The van der Waals surface area contributed by atoms with Crippen molar-refractivity contribution in [1.82, 2.24) is 19.6 Å². The van der Waals surface area contributed by atoms with Crippen molar-refractivity contribution < 1.29 is 12.8 Å². The highest BCUT2D eigenvalue weighted by Crippen LogP contribution is 2.20. The molecule has 1 unspecified atom stereocenters. The molecule has 1 atom stereocenters. The summed E-state index contributed by atoms with van der Waals surface area (Å²) in [5, 5.41) is 3.34. The highest BCUT2D eigenvalue weighted by atomic mass is 32.2. The number of rotatable bonds is 8. The fourth-order valence-electron chi connectivity index (χ4n) is 2.02. The van der Waals surface area contributed by atoms with Crippen LogP contribution in [0.3, 0.4) is 0 Å². The smallest absolute Gasteiger partial charge is 0.208 e. The molecule has 0 amide bonds. The van der Waals surface area contributed by atoms with Crippen LogP contribution in [0.4, 0.5) is 0 Å². The fraction of sp³-hybridized carbons (Fsp3) is 0.462. The molecular formula is C13H20N4O3S. The van der Waals surface area contributed by atoms with Gasteiger partial charge in [0.05, 0.1) is 12.5 Å². The van der Waals surface area contributed by atoms with Crippen LogP contribution < -0.4 is 10.0 Å². The summed E-state index contributed by atoms with van der Waals surface area (Å²) < 4.78 is 31.8. The quantitative estimate of drug-likeness (QED) is 0.698. The third kappa shape index (κ3) is 4.69. The van der Waals surface area contributed by atoms with Crippen LogP contribution in [0.2, 0.25) is 0 Å². The average molecular weight is 312 g/mol. The van der Waals surface area contributed by atoms with Crippen LogP contribution in [-0.2, 0) is 17.1 Å². The third-order valence-electron chi connectivity index (χ3n) is 3.01. The molecule has 8 heteroatoms. The standard InChI is InChI=1S/C13H20N4O3S/c1-17-9-8-15-13(17)12(11-5-3-10-20-11)14-6-4-7-16-21(2,18)19/h3,5,8-10,12,14,16H,4,6-7H2,1-2H3. The molecule has 2 aromatic heterocycles. The molecule has 21 heavy (non-hydrogen) atoms. The molecule has 0 radical (unpaired) electrons. The fourth-order valence-corrected chi connectivity index (χ4v) is 2.54. The number of sulfonamides is 1. The van der Waals surface area contributed by atoms with Crippen LogP contribution in [0.25, 0.3) is 0 Å². The summed E-state index contributed by atoms with van der Waals surface area (Å²) in [7, 11) is -1.21. The Hall–Kier alpha value is -1.64. The van der Waals surface area contributed by atoms with Crippen molar-refractivity contribution in [3.8, 4) is 0 Å². The Morgan fingerprint density at radius 3 is 2.81 bits per heavy atom. The monoisotopic (exact) mass is 312 g/mol. The Bertz CT molecular complexity index is 649. The van der Waals surface area contributed by atoms with Gasteiger partial charge in [0.1, 0.15) is 17.6 Å². The molecule has 2 aromatic rings. The molecule has 0 aliphatic rings. The van der Waals surface area contributed by atoms with E-state index >= 15 is 0 Å². The second-order valence-electron chi connectivity index (χ2n) is 4.82. The molecule has 0 aliphatic heterocycles. The Morgan fingerprint density at radius 2 is 2.24 bits per heavy atom. The largest absolute Gasteiger partial charge is 0.467 e. The number of nitrogens with zero attached hydrogens (tertiary/aromatic N) is 2. The predicted molar refractivity (Wildman–Crippen MR) is 79.2 cm³/mol. The van der Waals surface area contributed by atoms with Crippen molar-refractivity contribution in [1.29, 1.82) is 0 Å². The highest BCUT2D eigenvalue weighted by Gasteiger charge is 2.19. The minimum absolute atomic E-state index is 0.154. The van der Waals surface area contributed by atoms with Gasteiger partial charge in [0.25, 0.3) is 0 Å². The van der Waals surface area contributed by atoms with Crippen LogP contribution in [0.15, 0.2) is 35.2 Å². The molecule has 0 bridgehead atoms. The number of aromatic nitrogens is 2. The molecule has 0 saturated carbocycles. The Morgan fingerprint density at radius 1 is 1.43 bits per heavy atom. The van der Waals surface area contributed by atoms with E-state index in [0.29, 0.717) is 19.5 Å². The first kappa shape index (κ1) is 15.7. The number of hydrogen-bond acceptors (Lipinski definition) is 5. The molecular weight excluding hydrogens is 292 g/mol. The lowest BCUT2D eigenvalue weighted by molar-refractivity contribution is 0.428. The molecule has 7 nitrogen and oxygen atoms in total. The summed E-state index contributed by atoms with van der Waals surface area (Å²) in [5.41, 5.74) is 0. The number of hydrogen-bond donors (Lipinski definition) is 2. The molecule has 0 aromatic carbocycles. The molecule has 116 valence electrons. The van der Waals surface area contributed by atoms with E-state index in [4.69, 9.17) is 4.42 Å². The number of furan rings is 1. The van der Waals surface area contributed by atoms with E-state index in [-0.39, 0.29) is 6.04 Å². The minimum Gasteiger partial charge on any atom is -0.467 e. The van der Waals surface area contributed by atoms with E-state index in [2.05, 4.69) is 15.0 Å². The van der Waals surface area contributed by atoms with E-state index in [0.717, 1.165) is 17.8 Å². The Kier molecular flexibility index (Phi) is 5.16. The molecule has 2 N–H and O–H groups in total. The maximum atomic E-state index is 11.0. The maximum absolute atomic E-state index is 11.0. The summed E-state index contributed by atoms with van der Waals surface area (Å²) in [4.78, 5) is 4.34. The number of nitrogens with one attached hydrogen (secondary N) is 2. The highest BCUT2D eigenvalue weighted by molar-refractivity contribution is 7.88. The maximum Gasteiger partial charge on any atom is 0.208 e. The first-order valence-electron chi connectivity index (χ1n) is 6.66. The van der Waals surface area contributed by atoms with Gasteiger partial charge < -0.3 is 14.3 Å². The Balaban J connectivity index is 1.94. The molecule has 0 saturated heterocycles.